The highest BCUT2D eigenvalue weighted by Gasteiger charge is 2.42. The summed E-state index contributed by atoms with van der Waals surface area (Å²) in [6.45, 7) is 4.15. The Morgan fingerprint density at radius 1 is 1.07 bits per heavy atom. The Kier molecular flexibility index (Phi) is 14.6. The first kappa shape index (κ1) is 34.7. The van der Waals surface area contributed by atoms with Crippen LogP contribution in [0.3, 0.4) is 0 Å². The minimum Gasteiger partial charge on any atom is -0.367 e. The second-order valence-corrected chi connectivity index (χ2v) is 13.1. The number of carbonyl (C=O) groups excluding carboxylic acids is 5. The van der Waals surface area contributed by atoms with Crippen LogP contribution in [-0.4, -0.2) is 78.4 Å². The zero-order chi connectivity index (χ0) is 31.2. The summed E-state index contributed by atoms with van der Waals surface area (Å²) in [5.41, 5.74) is 0.871. The lowest BCUT2D eigenvalue weighted by atomic mass is 10.0. The summed E-state index contributed by atoms with van der Waals surface area (Å²) >= 11 is 7.75. The van der Waals surface area contributed by atoms with Gasteiger partial charge in [-0.3, -0.25) is 14.4 Å². The second-order valence-electron chi connectivity index (χ2n) is 11.4. The number of aldehydes is 1. The third-order valence-electron chi connectivity index (χ3n) is 7.52. The van der Waals surface area contributed by atoms with E-state index in [1.807, 2.05) is 37.7 Å². The van der Waals surface area contributed by atoms with Crippen LogP contribution in [0, 0.1) is 5.92 Å². The number of fused-ring (bicyclic) bond motifs is 1. The van der Waals surface area contributed by atoms with E-state index in [9.17, 15) is 24.0 Å². The molecule has 0 spiro atoms. The van der Waals surface area contributed by atoms with E-state index in [-0.39, 0.29) is 43.2 Å². The fourth-order valence-corrected chi connectivity index (χ4v) is 6.79. The summed E-state index contributed by atoms with van der Waals surface area (Å²) in [7, 11) is 0. The van der Waals surface area contributed by atoms with E-state index in [0.29, 0.717) is 48.8 Å². The van der Waals surface area contributed by atoms with Crippen molar-refractivity contribution in [3.05, 3.63) is 34.9 Å². The van der Waals surface area contributed by atoms with Gasteiger partial charge in [0, 0.05) is 29.0 Å². The Balaban J connectivity index is 1.25. The molecule has 1 aromatic carbocycles. The van der Waals surface area contributed by atoms with Crippen LogP contribution in [0.25, 0.3) is 0 Å². The smallest absolute Gasteiger partial charge is 0.315 e. The van der Waals surface area contributed by atoms with E-state index in [0.717, 1.165) is 30.6 Å². The van der Waals surface area contributed by atoms with Gasteiger partial charge in [-0.25, -0.2) is 4.79 Å². The van der Waals surface area contributed by atoms with Crippen LogP contribution >= 0.6 is 23.4 Å². The van der Waals surface area contributed by atoms with Gasteiger partial charge in [0.15, 0.2) is 0 Å². The number of halogens is 1. The Morgan fingerprint density at radius 3 is 2.56 bits per heavy atom. The molecule has 0 unspecified atom stereocenters. The third kappa shape index (κ3) is 12.0. The molecule has 11 nitrogen and oxygen atoms in total. The number of hydrogen-bond acceptors (Lipinski definition) is 7. The zero-order valence-electron chi connectivity index (χ0n) is 24.9. The molecule has 2 aliphatic heterocycles. The first-order chi connectivity index (χ1) is 20.7. The highest BCUT2D eigenvalue weighted by atomic mass is 35.5. The molecular weight excluding hydrogens is 594 g/mol. The molecule has 2 saturated heterocycles. The first-order valence-electron chi connectivity index (χ1n) is 15.0. The topological polar surface area (TPSA) is 155 Å². The van der Waals surface area contributed by atoms with E-state index in [1.54, 1.807) is 12.1 Å². The standard InChI is InChI=1S/C30H44ClN5O6S/c1-19(2)27(35-26(39)17-42-16-20-10-12-21(31)13-11-20)29(40)33-22(15-37)7-5-6-14-32-25(38)9-4-3-8-24-28-23(18-43-24)34-30(41)36-28/h10-13,15,19,22-24,27-28H,3-9,14,16-18H2,1-2H3,(H,32,38)(H,33,40)(H,35,39)(H2,34,36,41)/t22-,23-,24-,27-,28-/m0/s1. The van der Waals surface area contributed by atoms with Crippen LogP contribution in [0.2, 0.25) is 5.02 Å². The van der Waals surface area contributed by atoms with E-state index >= 15 is 0 Å². The van der Waals surface area contributed by atoms with Crippen LogP contribution in [0.1, 0.15) is 64.4 Å². The van der Waals surface area contributed by atoms with E-state index in [2.05, 4.69) is 26.6 Å². The first-order valence-corrected chi connectivity index (χ1v) is 16.4. The molecular formula is C30H44ClN5O6S. The average molecular weight is 638 g/mol. The van der Waals surface area contributed by atoms with Gasteiger partial charge in [0.25, 0.3) is 0 Å². The van der Waals surface area contributed by atoms with Gasteiger partial charge in [0.05, 0.1) is 24.7 Å². The summed E-state index contributed by atoms with van der Waals surface area (Å²) in [6, 6.07) is 5.92. The molecule has 0 aromatic heterocycles. The molecule has 1 aromatic rings. The van der Waals surface area contributed by atoms with Crippen molar-refractivity contribution in [2.75, 3.05) is 18.9 Å². The number of hydrogen-bond donors (Lipinski definition) is 5. The van der Waals surface area contributed by atoms with Crippen LogP contribution in [0.5, 0.6) is 0 Å². The number of unbranched alkanes of at least 4 members (excludes halogenated alkanes) is 2. The van der Waals surface area contributed by atoms with Crippen molar-refractivity contribution in [2.24, 2.45) is 5.92 Å². The van der Waals surface area contributed by atoms with E-state index in [1.165, 1.54) is 0 Å². The third-order valence-corrected chi connectivity index (χ3v) is 9.28. The molecule has 0 radical (unpaired) electrons. The molecule has 5 amide bonds. The van der Waals surface area contributed by atoms with Crippen LogP contribution in [0.4, 0.5) is 4.79 Å². The number of nitrogens with one attached hydrogen (secondary N) is 5. The summed E-state index contributed by atoms with van der Waals surface area (Å²) in [5.74, 6) is -0.116. The lowest BCUT2D eigenvalue weighted by Crippen LogP contribution is -2.53. The fraction of sp³-hybridized carbons (Fsp3) is 0.633. The number of ether oxygens (including phenoxy) is 1. The normalized spacial score (nSPS) is 20.5. The Hall–Kier alpha value is -2.83. The minimum absolute atomic E-state index is 0.000638. The lowest BCUT2D eigenvalue weighted by molar-refractivity contribution is -0.133. The van der Waals surface area contributed by atoms with Gasteiger partial charge >= 0.3 is 6.03 Å². The van der Waals surface area contributed by atoms with Crippen molar-refractivity contribution in [1.82, 2.24) is 26.6 Å². The number of amides is 5. The van der Waals surface area contributed by atoms with E-state index < -0.39 is 23.9 Å². The summed E-state index contributed by atoms with van der Waals surface area (Å²) < 4.78 is 5.45. The maximum atomic E-state index is 12.9. The monoisotopic (exact) mass is 637 g/mol. The SMILES string of the molecule is CC(C)[C@H](NC(=O)COCc1ccc(Cl)cc1)C(=O)N[C@H](C=O)CCCCNC(=O)CCCC[C@@H]1SC[C@@H]2NC(=O)N[C@@H]21. The number of thioether (sulfide) groups is 1. The molecule has 2 heterocycles. The van der Waals surface area contributed by atoms with Crippen LogP contribution in [0.15, 0.2) is 24.3 Å². The predicted molar refractivity (Wildman–Crippen MR) is 167 cm³/mol. The highest BCUT2D eigenvalue weighted by molar-refractivity contribution is 8.00. The largest absolute Gasteiger partial charge is 0.367 e. The average Bonchev–Trinajstić information content (AvgIpc) is 3.53. The molecule has 0 bridgehead atoms. The van der Waals surface area contributed by atoms with Gasteiger partial charge < -0.3 is 36.1 Å². The molecule has 5 atom stereocenters. The molecule has 13 heteroatoms. The zero-order valence-corrected chi connectivity index (χ0v) is 26.4. The molecule has 0 saturated carbocycles. The molecule has 5 N–H and O–H groups in total. The number of rotatable bonds is 19. The van der Waals surface area contributed by atoms with Crippen LogP contribution in [-0.2, 0) is 30.5 Å². The molecule has 238 valence electrons. The van der Waals surface area contributed by atoms with Gasteiger partial charge in [-0.2, -0.15) is 11.8 Å². The van der Waals surface area contributed by atoms with Gasteiger partial charge in [-0.15, -0.1) is 0 Å². The highest BCUT2D eigenvalue weighted by Crippen LogP contribution is 2.33. The molecule has 43 heavy (non-hydrogen) atoms. The number of urea groups is 1. The van der Waals surface area contributed by atoms with Crippen molar-refractivity contribution >= 4 is 53.4 Å². The van der Waals surface area contributed by atoms with Crippen molar-refractivity contribution in [2.45, 2.75) is 94.8 Å². The van der Waals surface area contributed by atoms with E-state index in [4.69, 9.17) is 16.3 Å². The molecule has 3 rings (SSSR count). The summed E-state index contributed by atoms with van der Waals surface area (Å²) in [4.78, 5) is 60.6. The number of carbonyl (C=O) groups is 5. The van der Waals surface area contributed by atoms with Crippen molar-refractivity contribution < 1.29 is 28.7 Å². The second kappa shape index (κ2) is 18.1. The predicted octanol–water partition coefficient (Wildman–Crippen LogP) is 2.69. The van der Waals surface area contributed by atoms with Gasteiger partial charge in [0.1, 0.15) is 18.9 Å². The maximum absolute atomic E-state index is 12.9. The quantitative estimate of drug-likeness (QED) is 0.0888. The van der Waals surface area contributed by atoms with Crippen molar-refractivity contribution in [3.63, 3.8) is 0 Å². The van der Waals surface area contributed by atoms with Crippen molar-refractivity contribution in [3.8, 4) is 0 Å². The molecule has 0 aliphatic carbocycles. The minimum atomic E-state index is -0.810. The fourth-order valence-electron chi connectivity index (χ4n) is 5.12. The lowest BCUT2D eigenvalue weighted by Gasteiger charge is -2.23. The van der Waals surface area contributed by atoms with Crippen molar-refractivity contribution in [1.29, 1.82) is 0 Å². The molecule has 2 fully saturated rings. The Labute approximate surface area is 262 Å². The van der Waals surface area contributed by atoms with Gasteiger partial charge in [-0.05, 0) is 55.7 Å². The Morgan fingerprint density at radius 2 is 1.84 bits per heavy atom. The maximum Gasteiger partial charge on any atom is 0.315 e. The Bertz CT molecular complexity index is 1090. The van der Waals surface area contributed by atoms with Gasteiger partial charge in [-0.1, -0.05) is 44.0 Å². The summed E-state index contributed by atoms with van der Waals surface area (Å²) in [6.07, 6.45) is 5.60. The van der Waals surface area contributed by atoms with Crippen LogP contribution < -0.4 is 26.6 Å². The molecule has 2 aliphatic rings. The number of benzene rings is 1. The summed E-state index contributed by atoms with van der Waals surface area (Å²) in [5, 5.41) is 15.3. The van der Waals surface area contributed by atoms with Gasteiger partial charge in [0.2, 0.25) is 17.7 Å².